The van der Waals surface area contributed by atoms with E-state index in [0.29, 0.717) is 30.4 Å². The summed E-state index contributed by atoms with van der Waals surface area (Å²) in [7, 11) is 0. The first kappa shape index (κ1) is 33.3. The van der Waals surface area contributed by atoms with Crippen LogP contribution in [0, 0.1) is 11.6 Å². The van der Waals surface area contributed by atoms with E-state index in [4.69, 9.17) is 15.2 Å². The molecule has 10 nitrogen and oxygen atoms in total. The number of benzene rings is 2. The van der Waals surface area contributed by atoms with Gasteiger partial charge in [0.15, 0.2) is 10.9 Å². The molecule has 260 valence electrons. The number of carbonyl (C=O) groups is 1. The van der Waals surface area contributed by atoms with Crippen LogP contribution in [0.2, 0.25) is 0 Å². The summed E-state index contributed by atoms with van der Waals surface area (Å²) in [6, 6.07) is 1.44. The normalized spacial score (nSPS) is 24.2. The Labute approximate surface area is 279 Å². The van der Waals surface area contributed by atoms with E-state index in [2.05, 4.69) is 21.5 Å². The van der Waals surface area contributed by atoms with Gasteiger partial charge in [0.05, 0.1) is 45.9 Å². The number of aliphatic hydroxyl groups is 1. The second kappa shape index (κ2) is 12.3. The fraction of sp³-hybridized carbons (Fsp3) is 0.438. The first-order valence-electron chi connectivity index (χ1n) is 15.5. The molecule has 17 heteroatoms. The second-order valence-corrected chi connectivity index (χ2v) is 13.5. The summed E-state index contributed by atoms with van der Waals surface area (Å²) in [6.07, 6.45) is -4.29. The highest BCUT2D eigenvalue weighted by Gasteiger charge is 2.49. The van der Waals surface area contributed by atoms with Gasteiger partial charge in [-0.1, -0.05) is 17.9 Å². The number of rotatable bonds is 8. The van der Waals surface area contributed by atoms with Crippen molar-refractivity contribution in [3.8, 4) is 23.0 Å². The number of aromatic nitrogens is 3. The minimum absolute atomic E-state index is 0.0677. The average Bonchev–Trinajstić information content (AvgIpc) is 3.82. The first-order chi connectivity index (χ1) is 23.3. The van der Waals surface area contributed by atoms with Crippen LogP contribution in [0.5, 0.6) is 11.9 Å². The fourth-order valence-electron chi connectivity index (χ4n) is 7.34. The van der Waals surface area contributed by atoms with Crippen LogP contribution in [-0.4, -0.2) is 92.5 Å². The summed E-state index contributed by atoms with van der Waals surface area (Å²) < 4.78 is 102. The molecule has 5 heterocycles. The Hall–Kier alpha value is -4.22. The van der Waals surface area contributed by atoms with Gasteiger partial charge in [-0.25, -0.2) is 18.2 Å². The molecule has 49 heavy (non-hydrogen) atoms. The maximum Gasteiger partial charge on any atom is 0.417 e. The van der Waals surface area contributed by atoms with Crippen LogP contribution in [0.15, 0.2) is 30.9 Å². The Kier molecular flexibility index (Phi) is 8.34. The third-order valence-electron chi connectivity index (χ3n) is 9.52. The van der Waals surface area contributed by atoms with Crippen LogP contribution in [0.25, 0.3) is 32.2 Å². The van der Waals surface area contributed by atoms with Crippen molar-refractivity contribution in [3.63, 3.8) is 0 Å². The highest BCUT2D eigenvalue weighted by Crippen LogP contribution is 2.46. The number of nitrogens with two attached hydrogens (primary N) is 1. The number of alkyl halides is 4. The maximum absolute atomic E-state index is 16.8. The van der Waals surface area contributed by atoms with Gasteiger partial charge in [-0.15, -0.1) is 0 Å². The van der Waals surface area contributed by atoms with Crippen molar-refractivity contribution in [2.24, 2.45) is 0 Å². The topological polar surface area (TPSA) is 127 Å². The van der Waals surface area contributed by atoms with Crippen molar-refractivity contribution in [3.05, 3.63) is 48.1 Å². The Bertz CT molecular complexity index is 1980. The summed E-state index contributed by atoms with van der Waals surface area (Å²) in [6.45, 7) is 3.79. The van der Waals surface area contributed by atoms with E-state index in [-0.39, 0.29) is 53.4 Å². The molecule has 2 aromatic heterocycles. The molecule has 3 saturated heterocycles. The quantitative estimate of drug-likeness (QED) is 0.186. The molecule has 0 aliphatic carbocycles. The second-order valence-electron chi connectivity index (χ2n) is 12.5. The Balaban J connectivity index is 1.38. The molecular formula is C32H30F6N6O4S. The molecule has 7 rings (SSSR count). The van der Waals surface area contributed by atoms with Gasteiger partial charge < -0.3 is 25.2 Å². The Morgan fingerprint density at radius 1 is 1.20 bits per heavy atom. The lowest BCUT2D eigenvalue weighted by Gasteiger charge is -2.30. The third-order valence-corrected chi connectivity index (χ3v) is 10.4. The number of thiazole rings is 1. The fourth-order valence-corrected chi connectivity index (χ4v) is 8.10. The Morgan fingerprint density at radius 2 is 2.00 bits per heavy atom. The molecule has 0 saturated carbocycles. The predicted molar refractivity (Wildman–Crippen MR) is 168 cm³/mol. The summed E-state index contributed by atoms with van der Waals surface area (Å²) in [5, 5.41) is 9.29. The number of carbonyl (C=O) groups excluding carboxylic acids is 1. The number of likely N-dealkylation sites (tertiary alicyclic amines) is 1. The lowest BCUT2D eigenvalue weighted by Crippen LogP contribution is -2.43. The van der Waals surface area contributed by atoms with Crippen LogP contribution in [0.1, 0.15) is 31.2 Å². The average molecular weight is 709 g/mol. The molecule has 2 aromatic carbocycles. The summed E-state index contributed by atoms with van der Waals surface area (Å²) >= 11 is 0.704. The molecule has 3 fully saturated rings. The van der Waals surface area contributed by atoms with Gasteiger partial charge in [0.2, 0.25) is 11.8 Å². The van der Waals surface area contributed by atoms with Crippen molar-refractivity contribution in [1.29, 1.82) is 0 Å². The zero-order valence-corrected chi connectivity index (χ0v) is 26.6. The minimum atomic E-state index is -5.13. The maximum atomic E-state index is 16.8. The number of nitrogens with zero attached hydrogens (tertiary/aromatic N) is 5. The van der Waals surface area contributed by atoms with E-state index < -0.39 is 88.1 Å². The van der Waals surface area contributed by atoms with Gasteiger partial charge in [-0.05, 0) is 43.7 Å². The van der Waals surface area contributed by atoms with Gasteiger partial charge in [-0.3, -0.25) is 9.69 Å². The van der Waals surface area contributed by atoms with Crippen molar-refractivity contribution in [1.82, 2.24) is 24.8 Å². The lowest BCUT2D eigenvalue weighted by atomic mass is 9.95. The Morgan fingerprint density at radius 3 is 2.73 bits per heavy atom. The number of anilines is 1. The molecule has 3 aliphatic heterocycles. The van der Waals surface area contributed by atoms with E-state index >= 15 is 4.39 Å². The van der Waals surface area contributed by atoms with Crippen molar-refractivity contribution in [2.45, 2.75) is 55.7 Å². The summed E-state index contributed by atoms with van der Waals surface area (Å²) in [4.78, 5) is 28.2. The zero-order valence-electron chi connectivity index (χ0n) is 25.8. The summed E-state index contributed by atoms with van der Waals surface area (Å²) in [5.41, 5.74) is 1.53. The molecular weight excluding hydrogens is 678 g/mol. The minimum Gasteiger partial charge on any atom is -0.472 e. The van der Waals surface area contributed by atoms with Gasteiger partial charge >= 0.3 is 12.2 Å². The number of hydrogen-bond donors (Lipinski definition) is 2. The molecule has 4 atom stereocenters. The van der Waals surface area contributed by atoms with Crippen molar-refractivity contribution >= 4 is 43.5 Å². The van der Waals surface area contributed by atoms with Crippen LogP contribution in [-0.2, 0) is 11.0 Å². The smallest absolute Gasteiger partial charge is 0.417 e. The number of halogens is 6. The largest absolute Gasteiger partial charge is 0.472 e. The SMILES string of the molecule is C=CC(=O)N1C[C@H](Oc2nc(OC[C@@]34CCCN3C[C@H](F)C4)nc3c(F)c(-c4ccc(F)c5sc(N)nc45)c(C(F)(F)F)cc23)C[C@H]1CO. The number of nitrogen functional groups attached to an aromatic ring is 1. The molecule has 4 aromatic rings. The van der Waals surface area contributed by atoms with E-state index in [9.17, 15) is 31.9 Å². The third kappa shape index (κ3) is 5.80. The highest BCUT2D eigenvalue weighted by atomic mass is 32.1. The van der Waals surface area contributed by atoms with Crippen LogP contribution < -0.4 is 15.2 Å². The van der Waals surface area contributed by atoms with Gasteiger partial charge in [0, 0.05) is 30.5 Å². The zero-order chi connectivity index (χ0) is 34.8. The van der Waals surface area contributed by atoms with Crippen LogP contribution in [0.3, 0.4) is 0 Å². The molecule has 3 N–H and O–H groups in total. The van der Waals surface area contributed by atoms with Gasteiger partial charge in [0.1, 0.15) is 30.2 Å². The molecule has 3 aliphatic rings. The number of aliphatic hydroxyl groups excluding tert-OH is 1. The van der Waals surface area contributed by atoms with Gasteiger partial charge in [-0.2, -0.15) is 23.1 Å². The number of fused-ring (bicyclic) bond motifs is 3. The van der Waals surface area contributed by atoms with E-state index in [0.717, 1.165) is 24.6 Å². The molecule has 1 amide bonds. The number of hydrogen-bond acceptors (Lipinski definition) is 10. The van der Waals surface area contributed by atoms with Gasteiger partial charge in [0.25, 0.3) is 0 Å². The molecule has 0 unspecified atom stereocenters. The van der Waals surface area contributed by atoms with Crippen LogP contribution >= 0.6 is 11.3 Å². The molecule has 0 spiro atoms. The first-order valence-corrected chi connectivity index (χ1v) is 16.3. The molecule has 0 radical (unpaired) electrons. The van der Waals surface area contributed by atoms with E-state index in [1.807, 2.05) is 4.90 Å². The predicted octanol–water partition coefficient (Wildman–Crippen LogP) is 5.27. The lowest BCUT2D eigenvalue weighted by molar-refractivity contribution is -0.137. The monoisotopic (exact) mass is 708 g/mol. The van der Waals surface area contributed by atoms with E-state index in [1.165, 1.54) is 4.90 Å². The highest BCUT2D eigenvalue weighted by molar-refractivity contribution is 7.22. The van der Waals surface area contributed by atoms with Crippen LogP contribution in [0.4, 0.5) is 31.5 Å². The van der Waals surface area contributed by atoms with Crippen molar-refractivity contribution in [2.75, 3.05) is 38.6 Å². The molecule has 0 bridgehead atoms. The summed E-state index contributed by atoms with van der Waals surface area (Å²) in [5.74, 6) is -3.16. The van der Waals surface area contributed by atoms with Crippen molar-refractivity contribution < 1.29 is 45.7 Å². The standard InChI is InChI=1S/C32H30F6N6O4S/c1-2-22(46)44-12-17(8-16(44)13-45)48-28-19-9-20(32(36,37)38)23(18-4-5-21(34)27-26(18)40-29(39)49-27)24(35)25(19)41-30(42-28)47-14-31-6-3-7-43(31)11-15(33)10-31/h2,4-5,9,15-17,45H,1,3,6-8,10-14H2,(H2,39,40)/t15-,16+,17-,31+/m1/s1. The number of ether oxygens (including phenoxy) is 2. The number of amides is 1. The van der Waals surface area contributed by atoms with E-state index in [1.54, 1.807) is 0 Å².